The number of aryl methyl sites for hydroxylation is 1. The molecule has 0 atom stereocenters. The van der Waals surface area contributed by atoms with Crippen LogP contribution in [0.5, 0.6) is 0 Å². The van der Waals surface area contributed by atoms with Crippen LogP contribution in [0, 0.1) is 6.92 Å². The number of benzene rings is 2. The topological polar surface area (TPSA) is 63.2 Å². The first-order valence-electron chi connectivity index (χ1n) is 6.82. The highest BCUT2D eigenvalue weighted by Gasteiger charge is 2.16. The molecule has 0 radical (unpaired) electrons. The van der Waals surface area contributed by atoms with Crippen molar-refractivity contribution in [2.75, 3.05) is 11.1 Å². The smallest absolute Gasteiger partial charge is 0.225 e. The molecule has 23 heavy (non-hydrogen) atoms. The van der Waals surface area contributed by atoms with Gasteiger partial charge in [-0.1, -0.05) is 33.6 Å². The molecule has 1 N–H and O–H groups in total. The van der Waals surface area contributed by atoms with Gasteiger partial charge in [0.15, 0.2) is 9.84 Å². The average molecular weight is 417 g/mol. The quantitative estimate of drug-likeness (QED) is 0.794. The lowest BCUT2D eigenvalue weighted by atomic mass is 10.2. The second kappa shape index (κ2) is 7.47. The lowest BCUT2D eigenvalue weighted by molar-refractivity contribution is -0.115. The van der Waals surface area contributed by atoms with Crippen molar-refractivity contribution in [1.29, 1.82) is 0 Å². The van der Waals surface area contributed by atoms with Gasteiger partial charge in [0.1, 0.15) is 0 Å². The number of rotatable bonds is 5. The van der Waals surface area contributed by atoms with E-state index in [0.29, 0.717) is 10.7 Å². The Kier molecular flexibility index (Phi) is 5.84. The second-order valence-corrected chi connectivity index (χ2v) is 8.43. The van der Waals surface area contributed by atoms with E-state index in [2.05, 4.69) is 21.2 Å². The zero-order chi connectivity index (χ0) is 17.0. The van der Waals surface area contributed by atoms with Gasteiger partial charge >= 0.3 is 0 Å². The molecule has 0 spiro atoms. The van der Waals surface area contributed by atoms with Crippen molar-refractivity contribution >= 4 is 49.0 Å². The molecular formula is C16H15BrClNO3S. The van der Waals surface area contributed by atoms with E-state index in [1.165, 1.54) is 24.3 Å². The molecule has 122 valence electrons. The van der Waals surface area contributed by atoms with Crippen LogP contribution in [0.4, 0.5) is 5.69 Å². The van der Waals surface area contributed by atoms with Gasteiger partial charge in [-0.2, -0.15) is 0 Å². The SMILES string of the molecule is Cc1ccc(NC(=O)CCS(=O)(=O)c2ccc(Cl)cc2)cc1Br. The molecular weight excluding hydrogens is 402 g/mol. The van der Waals surface area contributed by atoms with E-state index < -0.39 is 9.84 Å². The molecule has 0 aliphatic rings. The fourth-order valence-corrected chi connectivity index (χ4v) is 3.63. The normalized spacial score (nSPS) is 11.3. The lowest BCUT2D eigenvalue weighted by Gasteiger charge is -2.08. The number of carbonyl (C=O) groups excluding carboxylic acids is 1. The van der Waals surface area contributed by atoms with Crippen molar-refractivity contribution in [3.63, 3.8) is 0 Å². The van der Waals surface area contributed by atoms with Crippen LogP contribution in [0.25, 0.3) is 0 Å². The standard InChI is InChI=1S/C16H15BrClNO3S/c1-11-2-5-13(10-15(11)17)19-16(20)8-9-23(21,22)14-6-3-12(18)4-7-14/h2-7,10H,8-9H2,1H3,(H,19,20). The fourth-order valence-electron chi connectivity index (χ4n) is 1.88. The minimum atomic E-state index is -3.51. The predicted molar refractivity (Wildman–Crippen MR) is 95.6 cm³/mol. The Bertz CT molecular complexity index is 820. The summed E-state index contributed by atoms with van der Waals surface area (Å²) in [5.41, 5.74) is 1.67. The predicted octanol–water partition coefficient (Wildman–Crippen LogP) is 4.21. The van der Waals surface area contributed by atoms with Crippen molar-refractivity contribution in [1.82, 2.24) is 0 Å². The van der Waals surface area contributed by atoms with Gasteiger partial charge in [0, 0.05) is 21.6 Å². The molecule has 0 aliphatic heterocycles. The van der Waals surface area contributed by atoms with E-state index >= 15 is 0 Å². The molecule has 1 amide bonds. The number of sulfone groups is 1. The van der Waals surface area contributed by atoms with Gasteiger partial charge in [-0.3, -0.25) is 4.79 Å². The molecule has 0 saturated heterocycles. The Hall–Kier alpha value is -1.37. The van der Waals surface area contributed by atoms with E-state index in [1.54, 1.807) is 12.1 Å². The third-order valence-electron chi connectivity index (χ3n) is 3.23. The Morgan fingerprint density at radius 3 is 2.43 bits per heavy atom. The number of hydrogen-bond donors (Lipinski definition) is 1. The molecule has 0 fully saturated rings. The molecule has 0 heterocycles. The van der Waals surface area contributed by atoms with E-state index in [-0.39, 0.29) is 23.0 Å². The third kappa shape index (κ3) is 5.06. The van der Waals surface area contributed by atoms with Gasteiger partial charge in [0.2, 0.25) is 5.91 Å². The van der Waals surface area contributed by atoms with Crippen molar-refractivity contribution in [3.8, 4) is 0 Å². The van der Waals surface area contributed by atoms with Crippen LogP contribution in [-0.4, -0.2) is 20.1 Å². The highest BCUT2D eigenvalue weighted by molar-refractivity contribution is 9.10. The molecule has 4 nitrogen and oxygen atoms in total. The molecule has 2 rings (SSSR count). The number of anilines is 1. The zero-order valence-electron chi connectivity index (χ0n) is 12.3. The summed E-state index contributed by atoms with van der Waals surface area (Å²) in [5.74, 6) is -0.605. The summed E-state index contributed by atoms with van der Waals surface area (Å²) >= 11 is 9.13. The summed E-state index contributed by atoms with van der Waals surface area (Å²) in [6, 6.07) is 11.3. The summed E-state index contributed by atoms with van der Waals surface area (Å²) in [5, 5.41) is 3.15. The molecule has 7 heteroatoms. The van der Waals surface area contributed by atoms with Crippen molar-refractivity contribution in [3.05, 3.63) is 57.5 Å². The Labute approximate surface area is 148 Å². The zero-order valence-corrected chi connectivity index (χ0v) is 15.5. The van der Waals surface area contributed by atoms with Crippen LogP contribution < -0.4 is 5.32 Å². The lowest BCUT2D eigenvalue weighted by Crippen LogP contribution is -2.17. The number of hydrogen-bond acceptors (Lipinski definition) is 3. The van der Waals surface area contributed by atoms with E-state index in [9.17, 15) is 13.2 Å². The minimum absolute atomic E-state index is 0.115. The number of carbonyl (C=O) groups is 1. The summed E-state index contributed by atoms with van der Waals surface area (Å²) in [4.78, 5) is 12.1. The summed E-state index contributed by atoms with van der Waals surface area (Å²) in [6.45, 7) is 1.94. The monoisotopic (exact) mass is 415 g/mol. The van der Waals surface area contributed by atoms with E-state index in [1.807, 2.05) is 13.0 Å². The van der Waals surface area contributed by atoms with Gasteiger partial charge in [-0.25, -0.2) is 8.42 Å². The van der Waals surface area contributed by atoms with E-state index in [4.69, 9.17) is 11.6 Å². The molecule has 0 unspecified atom stereocenters. The van der Waals surface area contributed by atoms with Crippen LogP contribution in [0.2, 0.25) is 5.02 Å². The summed E-state index contributed by atoms with van der Waals surface area (Å²) in [6.07, 6.45) is -0.115. The molecule has 2 aromatic carbocycles. The fraction of sp³-hybridized carbons (Fsp3) is 0.188. The first-order valence-corrected chi connectivity index (χ1v) is 9.64. The first-order chi connectivity index (χ1) is 10.8. The van der Waals surface area contributed by atoms with Crippen molar-refractivity contribution < 1.29 is 13.2 Å². The second-order valence-electron chi connectivity index (χ2n) is 5.03. The highest BCUT2D eigenvalue weighted by Crippen LogP contribution is 2.21. The van der Waals surface area contributed by atoms with Crippen molar-refractivity contribution in [2.24, 2.45) is 0 Å². The Balaban J connectivity index is 1.98. The van der Waals surface area contributed by atoms with Crippen LogP contribution in [0.3, 0.4) is 0 Å². The molecule has 0 saturated carbocycles. The summed E-state index contributed by atoms with van der Waals surface area (Å²) in [7, 11) is -3.51. The minimum Gasteiger partial charge on any atom is -0.326 e. The highest BCUT2D eigenvalue weighted by atomic mass is 79.9. The van der Waals surface area contributed by atoms with Crippen LogP contribution in [0.15, 0.2) is 51.8 Å². The van der Waals surface area contributed by atoms with Crippen LogP contribution in [-0.2, 0) is 14.6 Å². The summed E-state index contributed by atoms with van der Waals surface area (Å²) < 4.78 is 25.2. The van der Waals surface area contributed by atoms with Crippen molar-refractivity contribution in [2.45, 2.75) is 18.2 Å². The molecule has 0 bridgehead atoms. The number of nitrogens with one attached hydrogen (secondary N) is 1. The molecule has 2 aromatic rings. The first kappa shape index (κ1) is 18.0. The Morgan fingerprint density at radius 2 is 1.83 bits per heavy atom. The largest absolute Gasteiger partial charge is 0.326 e. The molecule has 0 aliphatic carbocycles. The number of amides is 1. The maximum Gasteiger partial charge on any atom is 0.225 e. The average Bonchev–Trinajstić information content (AvgIpc) is 2.50. The van der Waals surface area contributed by atoms with Crippen LogP contribution >= 0.6 is 27.5 Å². The Morgan fingerprint density at radius 1 is 1.17 bits per heavy atom. The van der Waals surface area contributed by atoms with Crippen LogP contribution in [0.1, 0.15) is 12.0 Å². The maximum atomic E-state index is 12.2. The van der Waals surface area contributed by atoms with Gasteiger partial charge in [0.25, 0.3) is 0 Å². The van der Waals surface area contributed by atoms with Gasteiger partial charge < -0.3 is 5.32 Å². The maximum absolute atomic E-state index is 12.2. The van der Waals surface area contributed by atoms with Gasteiger partial charge in [0.05, 0.1) is 10.6 Å². The number of halogens is 2. The third-order valence-corrected chi connectivity index (χ3v) is 6.06. The van der Waals surface area contributed by atoms with Gasteiger partial charge in [-0.05, 0) is 48.9 Å². The molecule has 0 aromatic heterocycles. The van der Waals surface area contributed by atoms with Gasteiger partial charge in [-0.15, -0.1) is 0 Å². The van der Waals surface area contributed by atoms with E-state index in [0.717, 1.165) is 10.0 Å².